The van der Waals surface area contributed by atoms with Crippen LogP contribution in [0.3, 0.4) is 0 Å². The molecule has 4 rings (SSSR count). The molecule has 0 bridgehead atoms. The number of hydrogen-bond donors (Lipinski definition) is 2. The van der Waals surface area contributed by atoms with E-state index in [2.05, 4.69) is 24.6 Å². The van der Waals surface area contributed by atoms with Crippen LogP contribution in [0.5, 0.6) is 10.9 Å². The summed E-state index contributed by atoms with van der Waals surface area (Å²) in [5, 5.41) is 4.38. The summed E-state index contributed by atoms with van der Waals surface area (Å²) in [6.07, 6.45) is 2.47. The van der Waals surface area contributed by atoms with Crippen molar-refractivity contribution in [3.63, 3.8) is 0 Å². The van der Waals surface area contributed by atoms with Crippen molar-refractivity contribution in [1.29, 1.82) is 0 Å². The molecule has 0 unspecified atom stereocenters. The van der Waals surface area contributed by atoms with Gasteiger partial charge >= 0.3 is 7.82 Å². The number of pyridine rings is 2. The number of nitrogens with zero attached hydrogens (tertiary/aromatic N) is 5. The van der Waals surface area contributed by atoms with Gasteiger partial charge in [-0.25, -0.2) is 14.2 Å². The number of carbonyl (C=O) groups excluding carboxylic acids is 1. The van der Waals surface area contributed by atoms with E-state index in [1.54, 1.807) is 19.1 Å². The highest BCUT2D eigenvalue weighted by Gasteiger charge is 2.21. The Hall–Kier alpha value is -2.75. The normalized spacial score (nSPS) is 16.4. The van der Waals surface area contributed by atoms with Gasteiger partial charge in [-0.2, -0.15) is 4.99 Å². The molecule has 1 amide bonds. The summed E-state index contributed by atoms with van der Waals surface area (Å²) in [6, 6.07) is 3.23. The lowest BCUT2D eigenvalue weighted by atomic mass is 10.0. The van der Waals surface area contributed by atoms with Gasteiger partial charge in [-0.1, -0.05) is 11.6 Å². The molecule has 0 saturated carbocycles. The van der Waals surface area contributed by atoms with Gasteiger partial charge in [0.05, 0.1) is 38.7 Å². The third-order valence-electron chi connectivity index (χ3n) is 5.04. The number of amides is 1. The van der Waals surface area contributed by atoms with E-state index >= 15 is 0 Å². The van der Waals surface area contributed by atoms with Crippen molar-refractivity contribution >= 4 is 36.7 Å². The Morgan fingerprint density at radius 3 is 2.82 bits per heavy atom. The molecule has 14 nitrogen and oxygen atoms in total. The van der Waals surface area contributed by atoms with Crippen LogP contribution in [-0.4, -0.2) is 75.1 Å². The Kier molecular flexibility index (Phi) is 9.23. The van der Waals surface area contributed by atoms with Crippen molar-refractivity contribution in [1.82, 2.24) is 19.7 Å². The van der Waals surface area contributed by atoms with Gasteiger partial charge in [0.15, 0.2) is 6.73 Å². The minimum absolute atomic E-state index is 0.0366. The molecule has 1 aliphatic rings. The lowest BCUT2D eigenvalue weighted by Crippen LogP contribution is -2.33. The summed E-state index contributed by atoms with van der Waals surface area (Å²) >= 11 is 6.97. The first kappa shape index (κ1) is 28.3. The standard InChI is InChI=1S/C21H23ClN5O9PS/c1-12-5-14(15-6-18(22)24-8-17(15)32-2)16(7-23-12)19(28)25-20-27(11-36-37(29,30)31)26-21(38-20)35-10-13-9-33-3-4-34-13/h5-8,13H,3-4,9-11H2,1-2H3,(H2,29,30,31)/b25-20-/t13-/m1/s1. The number of phosphoric acid groups is 1. The van der Waals surface area contributed by atoms with E-state index in [4.69, 9.17) is 40.3 Å². The van der Waals surface area contributed by atoms with Crippen LogP contribution in [0.2, 0.25) is 5.15 Å². The number of methoxy groups -OCH3 is 1. The van der Waals surface area contributed by atoms with E-state index in [0.717, 1.165) is 16.0 Å². The maximum absolute atomic E-state index is 13.4. The van der Waals surface area contributed by atoms with Gasteiger partial charge in [0.25, 0.3) is 11.1 Å². The van der Waals surface area contributed by atoms with E-state index in [9.17, 15) is 9.36 Å². The molecule has 1 fully saturated rings. The second-order valence-corrected chi connectivity index (χ2v) is 10.3. The monoisotopic (exact) mass is 587 g/mol. The molecular formula is C21H23ClN5O9PS. The van der Waals surface area contributed by atoms with Crippen LogP contribution in [0, 0.1) is 6.92 Å². The van der Waals surface area contributed by atoms with Crippen molar-refractivity contribution in [3.8, 4) is 22.1 Å². The average molecular weight is 588 g/mol. The van der Waals surface area contributed by atoms with E-state index < -0.39 is 20.5 Å². The zero-order valence-electron chi connectivity index (χ0n) is 20.1. The van der Waals surface area contributed by atoms with Crippen LogP contribution in [0.1, 0.15) is 16.1 Å². The number of halogens is 1. The van der Waals surface area contributed by atoms with Gasteiger partial charge in [-0.15, -0.1) is 5.10 Å². The van der Waals surface area contributed by atoms with Crippen LogP contribution in [0.25, 0.3) is 11.1 Å². The number of aromatic nitrogens is 4. The predicted molar refractivity (Wildman–Crippen MR) is 133 cm³/mol. The second kappa shape index (κ2) is 12.4. The summed E-state index contributed by atoms with van der Waals surface area (Å²) in [5.41, 5.74) is 1.68. The zero-order valence-corrected chi connectivity index (χ0v) is 22.6. The van der Waals surface area contributed by atoms with E-state index in [0.29, 0.717) is 42.4 Å². The van der Waals surface area contributed by atoms with Crippen molar-refractivity contribution in [3.05, 3.63) is 45.7 Å². The van der Waals surface area contributed by atoms with E-state index in [-0.39, 0.29) is 33.4 Å². The topological polar surface area (TPSA) is 177 Å². The van der Waals surface area contributed by atoms with Crippen LogP contribution < -0.4 is 14.3 Å². The Bertz CT molecular complexity index is 1420. The fourth-order valence-electron chi connectivity index (χ4n) is 3.33. The van der Waals surface area contributed by atoms with Crippen molar-refractivity contribution in [2.24, 2.45) is 4.99 Å². The lowest BCUT2D eigenvalue weighted by Gasteiger charge is -2.22. The first-order valence-electron chi connectivity index (χ1n) is 11.0. The Morgan fingerprint density at radius 1 is 1.29 bits per heavy atom. The Morgan fingerprint density at radius 2 is 2.11 bits per heavy atom. The maximum atomic E-state index is 13.4. The molecule has 3 aromatic rings. The minimum atomic E-state index is -4.84. The highest BCUT2D eigenvalue weighted by Crippen LogP contribution is 2.36. The third-order valence-corrected chi connectivity index (χ3v) is 6.56. The molecule has 0 aliphatic carbocycles. The second-order valence-electron chi connectivity index (χ2n) is 7.77. The fourth-order valence-corrected chi connectivity index (χ4v) is 4.50. The van der Waals surface area contributed by atoms with Crippen molar-refractivity contribution in [2.75, 3.05) is 33.5 Å². The molecule has 4 heterocycles. The number of phosphoric ester groups is 1. The summed E-state index contributed by atoms with van der Waals surface area (Å²) in [6.45, 7) is 2.43. The van der Waals surface area contributed by atoms with Crippen LogP contribution in [-0.2, 0) is 25.3 Å². The third kappa shape index (κ3) is 7.42. The number of ether oxygens (including phenoxy) is 4. The first-order valence-corrected chi connectivity index (χ1v) is 13.7. The molecule has 0 radical (unpaired) electrons. The number of carbonyl (C=O) groups is 1. The van der Waals surface area contributed by atoms with Crippen LogP contribution in [0.15, 0.2) is 29.5 Å². The zero-order chi connectivity index (χ0) is 27.3. The van der Waals surface area contributed by atoms with Gasteiger partial charge in [0.1, 0.15) is 23.6 Å². The molecule has 0 spiro atoms. The van der Waals surface area contributed by atoms with Gasteiger partial charge in [-0.3, -0.25) is 14.3 Å². The Labute approximate surface area is 225 Å². The molecule has 2 N–H and O–H groups in total. The SMILES string of the molecule is COc1cnc(Cl)cc1-c1cc(C)ncc1C(=O)/N=c1\sc(OC[C@H]2COCCO2)nn1COP(=O)(O)O. The molecule has 0 aromatic carbocycles. The summed E-state index contributed by atoms with van der Waals surface area (Å²) in [7, 11) is -3.38. The highest BCUT2D eigenvalue weighted by atomic mass is 35.5. The molecule has 38 heavy (non-hydrogen) atoms. The molecule has 3 aromatic heterocycles. The number of rotatable bonds is 9. The smallest absolute Gasteiger partial charge is 0.471 e. The molecular weight excluding hydrogens is 565 g/mol. The minimum Gasteiger partial charge on any atom is -0.494 e. The molecule has 17 heteroatoms. The quantitative estimate of drug-likeness (QED) is 0.275. The molecule has 204 valence electrons. The lowest BCUT2D eigenvalue weighted by molar-refractivity contribution is -0.101. The first-order chi connectivity index (χ1) is 18.1. The van der Waals surface area contributed by atoms with Crippen LogP contribution in [0.4, 0.5) is 0 Å². The van der Waals surface area contributed by atoms with Gasteiger partial charge < -0.3 is 28.7 Å². The Balaban J connectivity index is 1.70. The van der Waals surface area contributed by atoms with Gasteiger partial charge in [-0.05, 0) is 30.4 Å². The summed E-state index contributed by atoms with van der Waals surface area (Å²) < 4.78 is 38.7. The largest absolute Gasteiger partial charge is 0.494 e. The predicted octanol–water partition coefficient (Wildman–Crippen LogP) is 1.97. The molecule has 1 atom stereocenters. The number of hydrogen-bond acceptors (Lipinski definition) is 11. The van der Waals surface area contributed by atoms with Crippen LogP contribution >= 0.6 is 30.8 Å². The maximum Gasteiger partial charge on any atom is 0.471 e. The van der Waals surface area contributed by atoms with Crippen molar-refractivity contribution < 1.29 is 42.6 Å². The fraction of sp³-hybridized carbons (Fsp3) is 0.381. The highest BCUT2D eigenvalue weighted by molar-refractivity contribution is 7.46. The average Bonchev–Trinajstić information content (AvgIpc) is 3.27. The summed E-state index contributed by atoms with van der Waals surface area (Å²) in [4.78, 5) is 43.9. The van der Waals surface area contributed by atoms with Crippen molar-refractivity contribution in [2.45, 2.75) is 19.8 Å². The number of aryl methyl sites for hydroxylation is 1. The molecule has 1 saturated heterocycles. The van der Waals surface area contributed by atoms with E-state index in [1.165, 1.54) is 19.5 Å². The van der Waals surface area contributed by atoms with E-state index in [1.807, 2.05) is 0 Å². The van der Waals surface area contributed by atoms with Gasteiger partial charge in [0, 0.05) is 23.0 Å². The van der Waals surface area contributed by atoms with Gasteiger partial charge in [0.2, 0.25) is 4.80 Å². The molecule has 1 aliphatic heterocycles. The summed E-state index contributed by atoms with van der Waals surface area (Å²) in [5.74, 6) is -0.340.